The van der Waals surface area contributed by atoms with Crippen LogP contribution in [0.25, 0.3) is 0 Å². The summed E-state index contributed by atoms with van der Waals surface area (Å²) in [5.41, 5.74) is 1.61. The van der Waals surface area contributed by atoms with Gasteiger partial charge < -0.3 is 5.11 Å². The van der Waals surface area contributed by atoms with Crippen LogP contribution in [0.3, 0.4) is 0 Å². The van der Waals surface area contributed by atoms with Crippen molar-refractivity contribution in [3.05, 3.63) is 71.9 Å². The van der Waals surface area contributed by atoms with Gasteiger partial charge in [0.05, 0.1) is 28.4 Å². The Labute approximate surface area is 156 Å². The first-order valence-electron chi connectivity index (χ1n) is 8.34. The number of aliphatic carboxylic acids is 1. The van der Waals surface area contributed by atoms with Gasteiger partial charge in [-0.25, -0.2) is 4.79 Å². The SMILES string of the molecule is CC1=NN(c2ccccc2)C(=O)C1/C(C(=O)O)=C(\C)N=Nc1ccccc1. The van der Waals surface area contributed by atoms with Crippen LogP contribution in [-0.2, 0) is 9.59 Å². The third-order valence-corrected chi connectivity index (χ3v) is 4.11. The monoisotopic (exact) mass is 362 g/mol. The number of azo groups is 1. The topological polar surface area (TPSA) is 94.7 Å². The Bertz CT molecular complexity index is 950. The van der Waals surface area contributed by atoms with Gasteiger partial charge in [-0.2, -0.15) is 20.3 Å². The van der Waals surface area contributed by atoms with Crippen molar-refractivity contribution in [1.29, 1.82) is 0 Å². The number of para-hydroxylation sites is 1. The minimum Gasteiger partial charge on any atom is -0.478 e. The Morgan fingerprint density at radius 1 is 1.07 bits per heavy atom. The van der Waals surface area contributed by atoms with E-state index >= 15 is 0 Å². The van der Waals surface area contributed by atoms with E-state index in [0.717, 1.165) is 0 Å². The molecule has 1 atom stereocenters. The van der Waals surface area contributed by atoms with Gasteiger partial charge in [0.15, 0.2) is 0 Å². The molecule has 1 aliphatic rings. The number of hydrogen-bond acceptors (Lipinski definition) is 5. The molecule has 0 fully saturated rings. The fraction of sp³-hybridized carbons (Fsp3) is 0.150. The summed E-state index contributed by atoms with van der Waals surface area (Å²) in [7, 11) is 0. The van der Waals surface area contributed by atoms with Crippen LogP contribution < -0.4 is 5.01 Å². The number of benzene rings is 2. The van der Waals surface area contributed by atoms with E-state index in [1.807, 2.05) is 12.1 Å². The summed E-state index contributed by atoms with van der Waals surface area (Å²) in [6.45, 7) is 3.16. The van der Waals surface area contributed by atoms with Gasteiger partial charge >= 0.3 is 5.97 Å². The second-order valence-corrected chi connectivity index (χ2v) is 6.00. The van der Waals surface area contributed by atoms with Crippen molar-refractivity contribution in [2.24, 2.45) is 21.2 Å². The van der Waals surface area contributed by atoms with E-state index in [-0.39, 0.29) is 11.3 Å². The van der Waals surface area contributed by atoms with Crippen LogP contribution in [-0.4, -0.2) is 22.7 Å². The van der Waals surface area contributed by atoms with Gasteiger partial charge in [-0.1, -0.05) is 36.4 Å². The molecular weight excluding hydrogens is 344 g/mol. The maximum absolute atomic E-state index is 12.9. The Balaban J connectivity index is 1.95. The molecule has 1 amide bonds. The van der Waals surface area contributed by atoms with E-state index in [4.69, 9.17) is 0 Å². The summed E-state index contributed by atoms with van der Waals surface area (Å²) in [5, 5.41) is 23.3. The van der Waals surface area contributed by atoms with Gasteiger partial charge in [-0.15, -0.1) is 0 Å². The molecule has 2 aromatic rings. The third kappa shape index (κ3) is 3.82. The highest BCUT2D eigenvalue weighted by Crippen LogP contribution is 2.30. The van der Waals surface area contributed by atoms with Crippen LogP contribution >= 0.6 is 0 Å². The minimum atomic E-state index is -1.22. The number of amides is 1. The quantitative estimate of drug-likeness (QED) is 0.639. The number of hydrazone groups is 1. The van der Waals surface area contributed by atoms with E-state index in [9.17, 15) is 14.7 Å². The first kappa shape index (κ1) is 18.2. The number of carboxylic acids is 1. The van der Waals surface area contributed by atoms with E-state index in [1.54, 1.807) is 55.5 Å². The first-order valence-corrected chi connectivity index (χ1v) is 8.34. The summed E-state index contributed by atoms with van der Waals surface area (Å²) in [5.74, 6) is -2.65. The molecule has 7 heteroatoms. The lowest BCUT2D eigenvalue weighted by molar-refractivity contribution is -0.134. The van der Waals surface area contributed by atoms with Gasteiger partial charge in [0.2, 0.25) is 0 Å². The number of hydrogen-bond donors (Lipinski definition) is 1. The smallest absolute Gasteiger partial charge is 0.334 e. The zero-order valence-corrected chi connectivity index (χ0v) is 14.9. The third-order valence-electron chi connectivity index (χ3n) is 4.11. The summed E-state index contributed by atoms with van der Waals surface area (Å²) in [6.07, 6.45) is 0. The Kier molecular flexibility index (Phi) is 5.21. The number of carbonyl (C=O) groups is 2. The first-order chi connectivity index (χ1) is 13.0. The Morgan fingerprint density at radius 2 is 1.67 bits per heavy atom. The van der Waals surface area contributed by atoms with Crippen molar-refractivity contribution in [1.82, 2.24) is 0 Å². The molecule has 27 heavy (non-hydrogen) atoms. The number of carboxylic acid groups (broad SMARTS) is 1. The second kappa shape index (κ2) is 7.74. The number of allylic oxidation sites excluding steroid dienone is 1. The second-order valence-electron chi connectivity index (χ2n) is 6.00. The molecule has 0 bridgehead atoms. The molecule has 0 saturated carbocycles. The molecule has 136 valence electrons. The standard InChI is InChI=1S/C20H18N4O3/c1-13(21-22-15-9-5-3-6-10-15)18(20(26)27)17-14(2)23-24(19(17)25)16-11-7-4-8-12-16/h3-12,17H,1-2H3,(H,26,27)/b18-13-,22-21?. The fourth-order valence-electron chi connectivity index (χ4n) is 2.82. The van der Waals surface area contributed by atoms with Crippen molar-refractivity contribution in [3.63, 3.8) is 0 Å². The van der Waals surface area contributed by atoms with Gasteiger partial charge in [0, 0.05) is 0 Å². The lowest BCUT2D eigenvalue weighted by atomic mass is 9.93. The number of anilines is 1. The van der Waals surface area contributed by atoms with Crippen molar-refractivity contribution in [2.45, 2.75) is 13.8 Å². The maximum Gasteiger partial charge on any atom is 0.334 e. The number of nitrogens with zero attached hydrogens (tertiary/aromatic N) is 4. The highest BCUT2D eigenvalue weighted by atomic mass is 16.4. The highest BCUT2D eigenvalue weighted by molar-refractivity contribution is 6.20. The minimum absolute atomic E-state index is 0.126. The van der Waals surface area contributed by atoms with Crippen molar-refractivity contribution < 1.29 is 14.7 Å². The molecule has 0 aromatic heterocycles. The van der Waals surface area contributed by atoms with Gasteiger partial charge in [-0.3, -0.25) is 4.79 Å². The molecule has 1 heterocycles. The highest BCUT2D eigenvalue weighted by Gasteiger charge is 2.40. The van der Waals surface area contributed by atoms with Gasteiger partial charge in [0.1, 0.15) is 5.92 Å². The van der Waals surface area contributed by atoms with Gasteiger partial charge in [-0.05, 0) is 38.1 Å². The van der Waals surface area contributed by atoms with Crippen LogP contribution in [0.15, 0.2) is 87.3 Å². The zero-order chi connectivity index (χ0) is 19.4. The van der Waals surface area contributed by atoms with E-state index < -0.39 is 17.8 Å². The predicted octanol–water partition coefficient (Wildman–Crippen LogP) is 4.17. The average Bonchev–Trinajstić information content (AvgIpc) is 2.96. The molecule has 1 unspecified atom stereocenters. The van der Waals surface area contributed by atoms with E-state index in [1.165, 1.54) is 11.9 Å². The normalized spacial score (nSPS) is 17.9. The summed E-state index contributed by atoms with van der Waals surface area (Å²) >= 11 is 0. The molecule has 1 aliphatic heterocycles. The molecule has 2 aromatic carbocycles. The maximum atomic E-state index is 12.9. The lowest BCUT2D eigenvalue weighted by Crippen LogP contribution is -2.31. The molecule has 1 N–H and O–H groups in total. The molecular formula is C20H18N4O3. The lowest BCUT2D eigenvalue weighted by Gasteiger charge is -2.15. The molecule has 0 spiro atoms. The Morgan fingerprint density at radius 3 is 2.26 bits per heavy atom. The molecule has 0 radical (unpaired) electrons. The Hall–Kier alpha value is -3.61. The molecule has 7 nitrogen and oxygen atoms in total. The van der Waals surface area contributed by atoms with Crippen molar-refractivity contribution in [2.75, 3.05) is 5.01 Å². The van der Waals surface area contributed by atoms with Crippen LogP contribution in [0.2, 0.25) is 0 Å². The number of rotatable bonds is 5. The van der Waals surface area contributed by atoms with Gasteiger partial charge in [0.25, 0.3) is 5.91 Å². The van der Waals surface area contributed by atoms with Crippen LogP contribution in [0.1, 0.15) is 13.8 Å². The van der Waals surface area contributed by atoms with Crippen LogP contribution in [0.5, 0.6) is 0 Å². The fourth-order valence-corrected chi connectivity index (χ4v) is 2.82. The van der Waals surface area contributed by atoms with E-state index in [2.05, 4.69) is 15.3 Å². The summed E-state index contributed by atoms with van der Waals surface area (Å²) in [6, 6.07) is 17.8. The summed E-state index contributed by atoms with van der Waals surface area (Å²) in [4.78, 5) is 24.8. The largest absolute Gasteiger partial charge is 0.478 e. The molecule has 0 saturated heterocycles. The molecule has 0 aliphatic carbocycles. The average molecular weight is 362 g/mol. The van der Waals surface area contributed by atoms with Crippen molar-refractivity contribution in [3.8, 4) is 0 Å². The predicted molar refractivity (Wildman–Crippen MR) is 102 cm³/mol. The zero-order valence-electron chi connectivity index (χ0n) is 14.9. The number of carbonyl (C=O) groups excluding carboxylic acids is 1. The van der Waals surface area contributed by atoms with Crippen molar-refractivity contribution >= 4 is 29.0 Å². The van der Waals surface area contributed by atoms with Crippen LogP contribution in [0.4, 0.5) is 11.4 Å². The molecule has 3 rings (SSSR count). The van der Waals surface area contributed by atoms with Crippen LogP contribution in [0, 0.1) is 5.92 Å². The summed E-state index contributed by atoms with van der Waals surface area (Å²) < 4.78 is 0. The van der Waals surface area contributed by atoms with E-state index in [0.29, 0.717) is 17.1 Å².